The molecule has 0 heterocycles. The molecular weight excluding hydrogens is 228 g/mol. The first kappa shape index (κ1) is 17.3. The zero-order valence-electron chi connectivity index (χ0n) is 12.8. The standard InChI is InChI=1S/C14H32N2S/c1-8-12(10-15-14(3,4)5)16(6)13(9-2)11-17-7/h12-13,15H,8-11H2,1-7H3. The fourth-order valence-corrected chi connectivity index (χ4v) is 2.87. The lowest BCUT2D eigenvalue weighted by molar-refractivity contribution is 0.166. The molecule has 0 spiro atoms. The van der Waals surface area contributed by atoms with E-state index >= 15 is 0 Å². The third kappa shape index (κ3) is 7.32. The summed E-state index contributed by atoms with van der Waals surface area (Å²) in [7, 11) is 2.28. The van der Waals surface area contributed by atoms with Crippen molar-refractivity contribution in [1.29, 1.82) is 0 Å². The van der Waals surface area contributed by atoms with Gasteiger partial charge in [0.25, 0.3) is 0 Å². The van der Waals surface area contributed by atoms with Gasteiger partial charge in [-0.3, -0.25) is 4.90 Å². The molecule has 2 unspecified atom stereocenters. The number of hydrogen-bond donors (Lipinski definition) is 1. The van der Waals surface area contributed by atoms with Crippen molar-refractivity contribution in [2.45, 2.75) is 65.1 Å². The summed E-state index contributed by atoms with van der Waals surface area (Å²) in [6.45, 7) is 12.4. The highest BCUT2D eigenvalue weighted by Crippen LogP contribution is 2.14. The highest BCUT2D eigenvalue weighted by atomic mass is 32.2. The monoisotopic (exact) mass is 260 g/mol. The fraction of sp³-hybridized carbons (Fsp3) is 1.00. The predicted octanol–water partition coefficient (Wildman–Crippen LogP) is 3.23. The minimum atomic E-state index is 0.218. The number of nitrogens with zero attached hydrogens (tertiary/aromatic N) is 1. The van der Waals surface area contributed by atoms with Gasteiger partial charge in [0.1, 0.15) is 0 Å². The summed E-state index contributed by atoms with van der Waals surface area (Å²) in [6, 6.07) is 1.35. The third-order valence-corrected chi connectivity index (χ3v) is 4.04. The predicted molar refractivity (Wildman–Crippen MR) is 82.1 cm³/mol. The normalized spacial score (nSPS) is 16.2. The molecule has 0 saturated heterocycles. The number of thioether (sulfide) groups is 1. The number of likely N-dealkylation sites (N-methyl/N-ethyl adjacent to an activating group) is 1. The quantitative estimate of drug-likeness (QED) is 0.721. The molecule has 0 bridgehead atoms. The molecular formula is C14H32N2S. The second-order valence-electron chi connectivity index (χ2n) is 5.88. The lowest BCUT2D eigenvalue weighted by Gasteiger charge is -2.36. The van der Waals surface area contributed by atoms with Crippen LogP contribution in [0.1, 0.15) is 47.5 Å². The summed E-state index contributed by atoms with van der Waals surface area (Å²) < 4.78 is 0. The molecule has 0 aromatic carbocycles. The Balaban J connectivity index is 4.32. The van der Waals surface area contributed by atoms with E-state index in [-0.39, 0.29) is 5.54 Å². The van der Waals surface area contributed by atoms with Crippen molar-refractivity contribution < 1.29 is 0 Å². The van der Waals surface area contributed by atoms with Gasteiger partial charge in [-0.1, -0.05) is 13.8 Å². The number of rotatable bonds is 8. The molecule has 0 aromatic heterocycles. The topological polar surface area (TPSA) is 15.3 Å². The van der Waals surface area contributed by atoms with Gasteiger partial charge in [0.05, 0.1) is 0 Å². The Morgan fingerprint density at radius 1 is 1.12 bits per heavy atom. The summed E-state index contributed by atoms with van der Waals surface area (Å²) in [6.07, 6.45) is 4.65. The largest absolute Gasteiger partial charge is 0.311 e. The van der Waals surface area contributed by atoms with E-state index < -0.39 is 0 Å². The van der Waals surface area contributed by atoms with E-state index in [4.69, 9.17) is 0 Å². The van der Waals surface area contributed by atoms with Crippen LogP contribution in [0, 0.1) is 0 Å². The van der Waals surface area contributed by atoms with Gasteiger partial charge >= 0.3 is 0 Å². The molecule has 0 aliphatic carbocycles. The van der Waals surface area contributed by atoms with Crippen LogP contribution >= 0.6 is 11.8 Å². The Morgan fingerprint density at radius 3 is 2.00 bits per heavy atom. The Hall–Kier alpha value is 0.270. The summed E-state index contributed by atoms with van der Waals surface area (Å²) in [5.74, 6) is 1.24. The van der Waals surface area contributed by atoms with Crippen LogP contribution in [0.3, 0.4) is 0 Å². The van der Waals surface area contributed by atoms with Gasteiger partial charge in [0.15, 0.2) is 0 Å². The molecule has 0 saturated carbocycles. The average molecular weight is 260 g/mol. The molecule has 0 fully saturated rings. The number of nitrogens with one attached hydrogen (secondary N) is 1. The Bertz CT molecular complexity index is 189. The van der Waals surface area contributed by atoms with Crippen LogP contribution < -0.4 is 5.32 Å². The Kier molecular flexibility index (Phi) is 8.52. The van der Waals surface area contributed by atoms with Crippen LogP contribution in [0.15, 0.2) is 0 Å². The van der Waals surface area contributed by atoms with Crippen LogP contribution in [0.4, 0.5) is 0 Å². The van der Waals surface area contributed by atoms with Crippen LogP contribution in [-0.2, 0) is 0 Å². The molecule has 0 aliphatic heterocycles. The lowest BCUT2D eigenvalue weighted by Crippen LogP contribution is -2.49. The minimum Gasteiger partial charge on any atom is -0.311 e. The van der Waals surface area contributed by atoms with Gasteiger partial charge < -0.3 is 5.32 Å². The molecule has 0 amide bonds. The second-order valence-corrected chi connectivity index (χ2v) is 6.79. The van der Waals surface area contributed by atoms with E-state index in [0.717, 1.165) is 6.54 Å². The lowest BCUT2D eigenvalue weighted by atomic mass is 10.1. The van der Waals surface area contributed by atoms with Crippen LogP contribution in [0.5, 0.6) is 0 Å². The molecule has 0 radical (unpaired) electrons. The molecule has 0 rings (SSSR count). The highest BCUT2D eigenvalue weighted by molar-refractivity contribution is 7.98. The van der Waals surface area contributed by atoms with E-state index in [1.807, 2.05) is 11.8 Å². The second kappa shape index (κ2) is 8.39. The number of hydrogen-bond acceptors (Lipinski definition) is 3. The van der Waals surface area contributed by atoms with E-state index in [2.05, 4.69) is 58.1 Å². The fourth-order valence-electron chi connectivity index (χ4n) is 2.01. The summed E-state index contributed by atoms with van der Waals surface area (Å²) in [5.41, 5.74) is 0.218. The van der Waals surface area contributed by atoms with Crippen molar-refractivity contribution in [3.8, 4) is 0 Å². The molecule has 2 nitrogen and oxygen atoms in total. The van der Waals surface area contributed by atoms with Gasteiger partial charge in [0.2, 0.25) is 0 Å². The SMILES string of the molecule is CCC(CNC(C)(C)C)N(C)C(CC)CSC. The molecule has 2 atom stereocenters. The van der Waals surface area contributed by atoms with Crippen molar-refractivity contribution in [3.63, 3.8) is 0 Å². The van der Waals surface area contributed by atoms with Gasteiger partial charge in [-0.25, -0.2) is 0 Å². The maximum absolute atomic E-state index is 3.63. The zero-order valence-corrected chi connectivity index (χ0v) is 13.7. The van der Waals surface area contributed by atoms with Crippen LogP contribution in [0.25, 0.3) is 0 Å². The van der Waals surface area contributed by atoms with Crippen molar-refractivity contribution in [3.05, 3.63) is 0 Å². The summed E-state index contributed by atoms with van der Waals surface area (Å²) in [5, 5.41) is 3.63. The van der Waals surface area contributed by atoms with Crippen LogP contribution in [-0.4, -0.2) is 48.1 Å². The third-order valence-electron chi connectivity index (χ3n) is 3.32. The van der Waals surface area contributed by atoms with E-state index in [1.54, 1.807) is 0 Å². The van der Waals surface area contributed by atoms with Crippen molar-refractivity contribution in [2.75, 3.05) is 25.6 Å². The molecule has 104 valence electrons. The first-order chi connectivity index (χ1) is 7.85. The van der Waals surface area contributed by atoms with E-state index in [9.17, 15) is 0 Å². The van der Waals surface area contributed by atoms with Crippen molar-refractivity contribution in [2.24, 2.45) is 0 Å². The smallest absolute Gasteiger partial charge is 0.0218 e. The maximum Gasteiger partial charge on any atom is 0.0218 e. The maximum atomic E-state index is 3.63. The molecule has 0 aromatic rings. The summed E-state index contributed by atoms with van der Waals surface area (Å²) >= 11 is 1.95. The molecule has 1 N–H and O–H groups in total. The zero-order chi connectivity index (χ0) is 13.5. The molecule has 17 heavy (non-hydrogen) atoms. The van der Waals surface area contributed by atoms with Crippen molar-refractivity contribution >= 4 is 11.8 Å². The van der Waals surface area contributed by atoms with Gasteiger partial charge in [-0.2, -0.15) is 11.8 Å². The molecule has 0 aliphatic rings. The Labute approximate surface area is 113 Å². The first-order valence-corrected chi connectivity index (χ1v) is 8.21. The minimum absolute atomic E-state index is 0.218. The van der Waals surface area contributed by atoms with Crippen molar-refractivity contribution in [1.82, 2.24) is 10.2 Å². The molecule has 3 heteroatoms. The highest BCUT2D eigenvalue weighted by Gasteiger charge is 2.21. The average Bonchev–Trinajstić information content (AvgIpc) is 2.24. The van der Waals surface area contributed by atoms with Gasteiger partial charge in [-0.15, -0.1) is 0 Å². The Morgan fingerprint density at radius 2 is 1.65 bits per heavy atom. The van der Waals surface area contributed by atoms with Gasteiger partial charge in [0, 0.05) is 29.9 Å². The van der Waals surface area contributed by atoms with Crippen LogP contribution in [0.2, 0.25) is 0 Å². The summed E-state index contributed by atoms with van der Waals surface area (Å²) in [4.78, 5) is 2.56. The van der Waals surface area contributed by atoms with Gasteiger partial charge in [-0.05, 0) is 46.9 Å². The van der Waals surface area contributed by atoms with E-state index in [0.29, 0.717) is 12.1 Å². The van der Waals surface area contributed by atoms with E-state index in [1.165, 1.54) is 18.6 Å². The first-order valence-electron chi connectivity index (χ1n) is 6.81.